The molecule has 0 radical (unpaired) electrons. The van der Waals surface area contributed by atoms with Gasteiger partial charge in [-0.3, -0.25) is 13.9 Å². The summed E-state index contributed by atoms with van der Waals surface area (Å²) in [5.41, 5.74) is 0.301. The Kier molecular flexibility index (Phi) is 10.7. The van der Waals surface area contributed by atoms with E-state index in [4.69, 9.17) is 23.2 Å². The number of rotatable bonds is 12. The summed E-state index contributed by atoms with van der Waals surface area (Å²) in [6.07, 6.45) is 0.951. The van der Waals surface area contributed by atoms with Gasteiger partial charge in [-0.1, -0.05) is 73.4 Å². The van der Waals surface area contributed by atoms with Gasteiger partial charge in [-0.2, -0.15) is 0 Å². The number of nitrogens with zero attached hydrogens (tertiary/aromatic N) is 2. The van der Waals surface area contributed by atoms with E-state index in [0.717, 1.165) is 10.4 Å². The van der Waals surface area contributed by atoms with E-state index in [2.05, 4.69) is 5.32 Å². The smallest absolute Gasteiger partial charge is 0.264 e. The minimum atomic E-state index is -4.35. The van der Waals surface area contributed by atoms with Crippen LogP contribution in [-0.4, -0.2) is 44.3 Å². The first kappa shape index (κ1) is 30.4. The number of amides is 2. The highest BCUT2D eigenvalue weighted by Crippen LogP contribution is 2.28. The van der Waals surface area contributed by atoms with Crippen molar-refractivity contribution in [3.05, 3.63) is 94.2 Å². The first-order valence-electron chi connectivity index (χ1n) is 12.4. The van der Waals surface area contributed by atoms with Crippen LogP contribution in [0.5, 0.6) is 0 Å². The minimum Gasteiger partial charge on any atom is -0.354 e. The normalized spacial score (nSPS) is 12.0. The van der Waals surface area contributed by atoms with E-state index in [1.54, 1.807) is 31.2 Å². The lowest BCUT2D eigenvalue weighted by molar-refractivity contribution is -0.140. The molecule has 1 N–H and O–H groups in total. The summed E-state index contributed by atoms with van der Waals surface area (Å²) in [6.45, 7) is 3.27. The lowest BCUT2D eigenvalue weighted by Crippen LogP contribution is -2.52. The summed E-state index contributed by atoms with van der Waals surface area (Å²) in [5.74, 6) is -1.88. The van der Waals surface area contributed by atoms with E-state index in [1.807, 2.05) is 6.92 Å². The summed E-state index contributed by atoms with van der Waals surface area (Å²) in [5, 5.41) is 3.40. The Morgan fingerprint density at radius 2 is 1.62 bits per heavy atom. The van der Waals surface area contributed by atoms with Crippen LogP contribution in [0, 0.1) is 5.82 Å². The second kappa shape index (κ2) is 13.8. The molecule has 0 aliphatic heterocycles. The van der Waals surface area contributed by atoms with Gasteiger partial charge in [0.1, 0.15) is 18.4 Å². The maximum absolute atomic E-state index is 14.9. The fourth-order valence-electron chi connectivity index (χ4n) is 4.01. The third-order valence-electron chi connectivity index (χ3n) is 6.00. The van der Waals surface area contributed by atoms with E-state index in [9.17, 15) is 22.4 Å². The van der Waals surface area contributed by atoms with Crippen LogP contribution in [0.15, 0.2) is 77.7 Å². The molecule has 208 valence electrons. The number of hydrogen-bond acceptors (Lipinski definition) is 4. The van der Waals surface area contributed by atoms with Crippen molar-refractivity contribution >= 4 is 50.7 Å². The summed E-state index contributed by atoms with van der Waals surface area (Å²) in [6, 6.07) is 16.7. The third-order valence-corrected chi connectivity index (χ3v) is 8.52. The molecule has 0 spiro atoms. The van der Waals surface area contributed by atoms with E-state index in [1.165, 1.54) is 47.4 Å². The van der Waals surface area contributed by atoms with Gasteiger partial charge in [0.2, 0.25) is 11.8 Å². The van der Waals surface area contributed by atoms with Gasteiger partial charge in [0.15, 0.2) is 0 Å². The van der Waals surface area contributed by atoms with Crippen molar-refractivity contribution in [2.45, 2.75) is 44.2 Å². The highest BCUT2D eigenvalue weighted by atomic mass is 35.5. The molecular formula is C28H30Cl2FN3O4S. The molecule has 0 bridgehead atoms. The molecule has 3 aromatic carbocycles. The molecule has 11 heteroatoms. The predicted molar refractivity (Wildman–Crippen MR) is 152 cm³/mol. The standard InChI is InChI=1S/C28H30Cl2FN3O4S/c1-3-16-32-28(36)25(4-2)33(18-20-14-15-22(29)23(30)17-20)27(35)19-34(26-13-9-8-12-24(26)31)39(37,38)21-10-6-5-7-11-21/h5-15,17,25H,3-4,16,18-19H2,1-2H3,(H,32,36). The van der Waals surface area contributed by atoms with Gasteiger partial charge >= 0.3 is 0 Å². The summed E-state index contributed by atoms with van der Waals surface area (Å²) in [7, 11) is -4.35. The summed E-state index contributed by atoms with van der Waals surface area (Å²) < 4.78 is 43.0. The van der Waals surface area contributed by atoms with Gasteiger partial charge in [0.25, 0.3) is 10.0 Å². The van der Waals surface area contributed by atoms with Crippen molar-refractivity contribution in [3.63, 3.8) is 0 Å². The van der Waals surface area contributed by atoms with Gasteiger partial charge in [-0.25, -0.2) is 12.8 Å². The van der Waals surface area contributed by atoms with Crippen LogP contribution in [0.4, 0.5) is 10.1 Å². The number of halogens is 3. The first-order valence-corrected chi connectivity index (χ1v) is 14.6. The lowest BCUT2D eigenvalue weighted by atomic mass is 10.1. The Morgan fingerprint density at radius 3 is 2.23 bits per heavy atom. The quantitative estimate of drug-likeness (QED) is 0.293. The average molecular weight is 595 g/mol. The second-order valence-corrected chi connectivity index (χ2v) is 11.4. The Morgan fingerprint density at radius 1 is 0.949 bits per heavy atom. The Labute approximate surface area is 238 Å². The molecular weight excluding hydrogens is 564 g/mol. The predicted octanol–water partition coefficient (Wildman–Crippen LogP) is 5.66. The number of anilines is 1. The molecule has 39 heavy (non-hydrogen) atoms. The minimum absolute atomic E-state index is 0.0513. The van der Waals surface area contributed by atoms with Crippen LogP contribution in [0.3, 0.4) is 0 Å². The van der Waals surface area contributed by atoms with Gasteiger partial charge in [-0.05, 0) is 54.8 Å². The molecule has 3 aromatic rings. The SMILES string of the molecule is CCCNC(=O)C(CC)N(Cc1ccc(Cl)c(Cl)c1)C(=O)CN(c1ccccc1F)S(=O)(=O)c1ccccc1. The van der Waals surface area contributed by atoms with E-state index in [0.29, 0.717) is 23.6 Å². The maximum Gasteiger partial charge on any atom is 0.264 e. The molecule has 1 atom stereocenters. The highest BCUT2D eigenvalue weighted by molar-refractivity contribution is 7.92. The van der Waals surface area contributed by atoms with Crippen molar-refractivity contribution in [3.8, 4) is 0 Å². The van der Waals surface area contributed by atoms with Crippen LogP contribution in [0.25, 0.3) is 0 Å². The van der Waals surface area contributed by atoms with Gasteiger partial charge in [0, 0.05) is 13.1 Å². The number of carbonyl (C=O) groups excluding carboxylic acids is 2. The third kappa shape index (κ3) is 7.50. The first-order chi connectivity index (χ1) is 18.6. The molecule has 0 saturated carbocycles. The van der Waals surface area contributed by atoms with Gasteiger partial charge in [0.05, 0.1) is 20.6 Å². The van der Waals surface area contributed by atoms with Crippen LogP contribution in [0.2, 0.25) is 10.0 Å². The Hall–Kier alpha value is -3.14. The van der Waals surface area contributed by atoms with E-state index >= 15 is 0 Å². The molecule has 0 heterocycles. The zero-order valence-corrected chi connectivity index (χ0v) is 23.9. The Balaban J connectivity index is 2.06. The topological polar surface area (TPSA) is 86.8 Å². The largest absolute Gasteiger partial charge is 0.354 e. The number of nitrogens with one attached hydrogen (secondary N) is 1. The summed E-state index contributed by atoms with van der Waals surface area (Å²) in [4.78, 5) is 28.2. The van der Waals surface area contributed by atoms with Crippen molar-refractivity contribution < 1.29 is 22.4 Å². The molecule has 0 aliphatic carbocycles. The highest BCUT2D eigenvalue weighted by Gasteiger charge is 2.34. The molecule has 2 amide bonds. The molecule has 0 fully saturated rings. The van der Waals surface area contributed by atoms with Gasteiger partial charge in [-0.15, -0.1) is 0 Å². The number of carbonyl (C=O) groups is 2. The van der Waals surface area contributed by atoms with Crippen molar-refractivity contribution in [2.75, 3.05) is 17.4 Å². The average Bonchev–Trinajstić information content (AvgIpc) is 2.93. The van der Waals surface area contributed by atoms with Crippen LogP contribution in [0.1, 0.15) is 32.3 Å². The summed E-state index contributed by atoms with van der Waals surface area (Å²) >= 11 is 12.2. The number of para-hydroxylation sites is 1. The van der Waals surface area contributed by atoms with E-state index in [-0.39, 0.29) is 34.5 Å². The van der Waals surface area contributed by atoms with E-state index < -0.39 is 34.3 Å². The van der Waals surface area contributed by atoms with Crippen LogP contribution < -0.4 is 9.62 Å². The Bertz CT molecular complexity index is 1410. The number of hydrogen-bond donors (Lipinski definition) is 1. The van der Waals surface area contributed by atoms with Crippen LogP contribution in [-0.2, 0) is 26.2 Å². The zero-order valence-electron chi connectivity index (χ0n) is 21.6. The fourth-order valence-corrected chi connectivity index (χ4v) is 5.77. The maximum atomic E-state index is 14.9. The second-order valence-electron chi connectivity index (χ2n) is 8.76. The molecule has 3 rings (SSSR count). The lowest BCUT2D eigenvalue weighted by Gasteiger charge is -2.33. The molecule has 0 aromatic heterocycles. The van der Waals surface area contributed by atoms with Gasteiger partial charge < -0.3 is 10.2 Å². The zero-order chi connectivity index (χ0) is 28.6. The van der Waals surface area contributed by atoms with Crippen LogP contribution >= 0.6 is 23.2 Å². The van der Waals surface area contributed by atoms with Crippen molar-refractivity contribution in [2.24, 2.45) is 0 Å². The number of sulfonamides is 1. The molecule has 1 unspecified atom stereocenters. The van der Waals surface area contributed by atoms with Crippen molar-refractivity contribution in [1.82, 2.24) is 10.2 Å². The molecule has 7 nitrogen and oxygen atoms in total. The monoisotopic (exact) mass is 593 g/mol. The van der Waals surface area contributed by atoms with Crippen molar-refractivity contribution in [1.29, 1.82) is 0 Å². The molecule has 0 aliphatic rings. The number of benzene rings is 3. The fraction of sp³-hybridized carbons (Fsp3) is 0.286. The molecule has 0 saturated heterocycles.